The number of nitrogens with zero attached hydrogens (tertiary/aromatic N) is 4. The summed E-state index contributed by atoms with van der Waals surface area (Å²) in [5, 5.41) is 7.45. The maximum absolute atomic E-state index is 13.8. The predicted octanol–water partition coefficient (Wildman–Crippen LogP) is 2.78. The summed E-state index contributed by atoms with van der Waals surface area (Å²) in [7, 11) is 3.35. The lowest BCUT2D eigenvalue weighted by atomic mass is 10.1. The molecule has 1 aliphatic heterocycles. The fraction of sp³-hybridized carbons (Fsp3) is 0.500. The van der Waals surface area contributed by atoms with Gasteiger partial charge in [0.15, 0.2) is 5.96 Å². The summed E-state index contributed by atoms with van der Waals surface area (Å²) < 4.78 is 24.0. The van der Waals surface area contributed by atoms with Gasteiger partial charge in [-0.2, -0.15) is 0 Å². The van der Waals surface area contributed by atoms with Crippen LogP contribution in [0.15, 0.2) is 33.8 Å². The molecule has 0 saturated carbocycles. The van der Waals surface area contributed by atoms with Crippen LogP contribution in [0.2, 0.25) is 0 Å². The van der Waals surface area contributed by atoms with E-state index in [9.17, 15) is 4.39 Å². The molecule has 1 saturated heterocycles. The van der Waals surface area contributed by atoms with Crippen molar-refractivity contribution in [3.63, 3.8) is 0 Å². The van der Waals surface area contributed by atoms with Crippen molar-refractivity contribution in [3.05, 3.63) is 52.7 Å². The Hall–Kier alpha value is -1.72. The van der Waals surface area contributed by atoms with E-state index >= 15 is 0 Å². The third-order valence-corrected chi connectivity index (χ3v) is 4.81. The van der Waals surface area contributed by atoms with Crippen molar-refractivity contribution in [1.29, 1.82) is 0 Å². The molecule has 3 rings (SSSR count). The van der Waals surface area contributed by atoms with Crippen LogP contribution in [0, 0.1) is 12.7 Å². The molecule has 1 aromatic carbocycles. The smallest absolute Gasteiger partial charge is 0.194 e. The Kier molecular flexibility index (Phi) is 9.31. The molecular formula is C20H29FIN5O2. The Balaban J connectivity index is 0.00000300. The Bertz CT molecular complexity index is 806. The fourth-order valence-electron chi connectivity index (χ4n) is 3.36. The molecule has 2 heterocycles. The first-order valence-corrected chi connectivity index (χ1v) is 9.45. The number of hydrogen-bond donors (Lipinski definition) is 1. The Labute approximate surface area is 188 Å². The van der Waals surface area contributed by atoms with Crippen LogP contribution < -0.4 is 5.32 Å². The minimum atomic E-state index is -0.242. The van der Waals surface area contributed by atoms with E-state index in [0.29, 0.717) is 12.1 Å². The summed E-state index contributed by atoms with van der Waals surface area (Å²) in [5.74, 6) is 1.45. The zero-order valence-electron chi connectivity index (χ0n) is 17.2. The third-order valence-electron chi connectivity index (χ3n) is 4.81. The van der Waals surface area contributed by atoms with E-state index in [4.69, 9.17) is 9.26 Å². The molecule has 0 amide bonds. The van der Waals surface area contributed by atoms with Gasteiger partial charge in [0.2, 0.25) is 0 Å². The summed E-state index contributed by atoms with van der Waals surface area (Å²) in [6, 6.07) is 7.08. The van der Waals surface area contributed by atoms with Crippen molar-refractivity contribution in [1.82, 2.24) is 20.3 Å². The number of piperazine rings is 1. The summed E-state index contributed by atoms with van der Waals surface area (Å²) in [4.78, 5) is 9.00. The summed E-state index contributed by atoms with van der Waals surface area (Å²) in [6.45, 7) is 7.19. The molecule has 0 unspecified atom stereocenters. The van der Waals surface area contributed by atoms with Crippen LogP contribution in [0.4, 0.5) is 4.39 Å². The second-order valence-electron chi connectivity index (χ2n) is 6.95. The largest absolute Gasteiger partial charge is 0.380 e. The number of nitrogens with one attached hydrogen (secondary N) is 1. The molecule has 0 radical (unpaired) electrons. The molecular weight excluding hydrogens is 488 g/mol. The predicted molar refractivity (Wildman–Crippen MR) is 121 cm³/mol. The van der Waals surface area contributed by atoms with E-state index in [1.165, 1.54) is 6.07 Å². The number of methoxy groups -OCH3 is 1. The van der Waals surface area contributed by atoms with Gasteiger partial charge in [-0.3, -0.25) is 9.89 Å². The SMILES string of the molecule is CN=C(NCc1ccc(F)c(COC)c1)N1CCN(Cc2cc(C)on2)CC1.I. The number of halogens is 2. The molecule has 7 nitrogen and oxygen atoms in total. The number of ether oxygens (including phenoxy) is 1. The highest BCUT2D eigenvalue weighted by Crippen LogP contribution is 2.13. The van der Waals surface area contributed by atoms with Gasteiger partial charge < -0.3 is 19.5 Å². The summed E-state index contributed by atoms with van der Waals surface area (Å²) in [6.07, 6.45) is 0. The molecule has 1 aliphatic rings. The number of benzene rings is 1. The number of aliphatic imine (C=N–C) groups is 1. The second kappa shape index (κ2) is 11.5. The molecule has 1 N–H and O–H groups in total. The highest BCUT2D eigenvalue weighted by atomic mass is 127. The van der Waals surface area contributed by atoms with E-state index in [0.717, 1.165) is 55.7 Å². The van der Waals surface area contributed by atoms with Gasteiger partial charge in [0.25, 0.3) is 0 Å². The van der Waals surface area contributed by atoms with Gasteiger partial charge in [-0.15, -0.1) is 24.0 Å². The zero-order chi connectivity index (χ0) is 19.9. The summed E-state index contributed by atoms with van der Waals surface area (Å²) >= 11 is 0. The topological polar surface area (TPSA) is 66.1 Å². The van der Waals surface area contributed by atoms with Crippen molar-refractivity contribution in [3.8, 4) is 0 Å². The quantitative estimate of drug-likeness (QED) is 0.361. The highest BCUT2D eigenvalue weighted by Gasteiger charge is 2.20. The first-order chi connectivity index (χ1) is 13.6. The van der Waals surface area contributed by atoms with E-state index in [1.807, 2.05) is 19.1 Å². The van der Waals surface area contributed by atoms with Gasteiger partial charge in [-0.05, 0) is 24.6 Å². The lowest BCUT2D eigenvalue weighted by Gasteiger charge is -2.36. The van der Waals surface area contributed by atoms with Crippen molar-refractivity contribution in [2.45, 2.75) is 26.6 Å². The lowest BCUT2D eigenvalue weighted by Crippen LogP contribution is -2.52. The van der Waals surface area contributed by atoms with Gasteiger partial charge in [0.05, 0.1) is 12.3 Å². The van der Waals surface area contributed by atoms with Crippen molar-refractivity contribution in [2.75, 3.05) is 40.3 Å². The molecule has 0 bridgehead atoms. The van der Waals surface area contributed by atoms with Crippen LogP contribution in [0.1, 0.15) is 22.6 Å². The van der Waals surface area contributed by atoms with E-state index in [-0.39, 0.29) is 36.4 Å². The number of aryl methyl sites for hydroxylation is 1. The van der Waals surface area contributed by atoms with E-state index in [2.05, 4.69) is 25.3 Å². The number of hydrogen-bond acceptors (Lipinski definition) is 5. The van der Waals surface area contributed by atoms with E-state index in [1.54, 1.807) is 20.2 Å². The molecule has 0 aliphatic carbocycles. The molecule has 1 aromatic heterocycles. The minimum Gasteiger partial charge on any atom is -0.380 e. The summed E-state index contributed by atoms with van der Waals surface area (Å²) in [5.41, 5.74) is 2.53. The Morgan fingerprint density at radius 1 is 1.28 bits per heavy atom. The first-order valence-electron chi connectivity index (χ1n) is 9.45. The monoisotopic (exact) mass is 517 g/mol. The fourth-order valence-corrected chi connectivity index (χ4v) is 3.36. The van der Waals surface area contributed by atoms with Crippen LogP contribution in [0.25, 0.3) is 0 Å². The molecule has 160 valence electrons. The normalized spacial score (nSPS) is 15.3. The van der Waals surface area contributed by atoms with Gasteiger partial charge >= 0.3 is 0 Å². The minimum absolute atomic E-state index is 0. The van der Waals surface area contributed by atoms with Gasteiger partial charge in [-0.1, -0.05) is 11.2 Å². The molecule has 2 aromatic rings. The number of aromatic nitrogens is 1. The number of rotatable bonds is 6. The Morgan fingerprint density at radius 2 is 2.03 bits per heavy atom. The zero-order valence-corrected chi connectivity index (χ0v) is 19.5. The molecule has 0 atom stereocenters. The van der Waals surface area contributed by atoms with Crippen LogP contribution in [-0.2, 0) is 24.4 Å². The van der Waals surface area contributed by atoms with Gasteiger partial charge in [0.1, 0.15) is 11.6 Å². The van der Waals surface area contributed by atoms with Crippen LogP contribution >= 0.6 is 24.0 Å². The standard InChI is InChI=1S/C20H28FN5O2.HI/c1-15-10-18(24-28-15)13-25-6-8-26(9-7-25)20(22-2)23-12-16-4-5-19(21)17(11-16)14-27-3;/h4-5,10-11H,6-9,12-14H2,1-3H3,(H,22,23);1H. The van der Waals surface area contributed by atoms with Crippen LogP contribution in [-0.4, -0.2) is 61.3 Å². The van der Waals surface area contributed by atoms with Crippen molar-refractivity contribution in [2.24, 2.45) is 4.99 Å². The van der Waals surface area contributed by atoms with Crippen molar-refractivity contribution < 1.29 is 13.7 Å². The maximum Gasteiger partial charge on any atom is 0.194 e. The average Bonchev–Trinajstić information content (AvgIpc) is 3.10. The number of guanidine groups is 1. The van der Waals surface area contributed by atoms with Gasteiger partial charge in [-0.25, -0.2) is 4.39 Å². The van der Waals surface area contributed by atoms with Gasteiger partial charge in [0, 0.05) is 65.1 Å². The Morgan fingerprint density at radius 3 is 2.66 bits per heavy atom. The van der Waals surface area contributed by atoms with E-state index < -0.39 is 0 Å². The van der Waals surface area contributed by atoms with Crippen LogP contribution in [0.3, 0.4) is 0 Å². The second-order valence-corrected chi connectivity index (χ2v) is 6.95. The molecule has 1 fully saturated rings. The third kappa shape index (κ3) is 6.65. The maximum atomic E-state index is 13.8. The molecule has 0 spiro atoms. The lowest BCUT2D eigenvalue weighted by molar-refractivity contribution is 0.169. The van der Waals surface area contributed by atoms with Crippen molar-refractivity contribution >= 4 is 29.9 Å². The molecule has 29 heavy (non-hydrogen) atoms. The average molecular weight is 517 g/mol. The first kappa shape index (κ1) is 23.6. The molecule has 9 heteroatoms. The van der Waals surface area contributed by atoms with Crippen LogP contribution in [0.5, 0.6) is 0 Å². The highest BCUT2D eigenvalue weighted by molar-refractivity contribution is 14.0.